The first-order valence-corrected chi connectivity index (χ1v) is 8.20. The van der Waals surface area contributed by atoms with Crippen LogP contribution in [0.15, 0.2) is 41.8 Å². The zero-order valence-electron chi connectivity index (χ0n) is 12.7. The molecule has 2 aromatic rings. The topological polar surface area (TPSA) is 57.7 Å². The van der Waals surface area contributed by atoms with Crippen LogP contribution in [-0.2, 0) is 22.6 Å². The van der Waals surface area contributed by atoms with Gasteiger partial charge >= 0.3 is 17.8 Å². The molecule has 0 radical (unpaired) electrons. The van der Waals surface area contributed by atoms with Gasteiger partial charge in [-0.05, 0) is 29.5 Å². The van der Waals surface area contributed by atoms with Gasteiger partial charge in [-0.3, -0.25) is 19.4 Å². The van der Waals surface area contributed by atoms with E-state index in [1.807, 2.05) is 48.7 Å². The second kappa shape index (κ2) is 6.34. The van der Waals surface area contributed by atoms with Crippen LogP contribution in [0.4, 0.5) is 4.79 Å². The van der Waals surface area contributed by atoms with E-state index in [1.165, 1.54) is 0 Å². The number of hydrogen-bond donors (Lipinski definition) is 0. The van der Waals surface area contributed by atoms with E-state index in [4.69, 9.17) is 0 Å². The van der Waals surface area contributed by atoms with Crippen molar-refractivity contribution in [1.29, 1.82) is 0 Å². The molecule has 1 fully saturated rings. The molecular formula is C17H16N2O3S. The van der Waals surface area contributed by atoms with Crippen molar-refractivity contribution in [1.82, 2.24) is 9.80 Å². The van der Waals surface area contributed by atoms with E-state index >= 15 is 0 Å². The first-order valence-electron chi connectivity index (χ1n) is 7.32. The highest BCUT2D eigenvalue weighted by Gasteiger charge is 2.44. The van der Waals surface area contributed by atoms with Crippen molar-refractivity contribution < 1.29 is 14.4 Å². The number of benzene rings is 1. The molecule has 6 heteroatoms. The monoisotopic (exact) mass is 328 g/mol. The fourth-order valence-corrected chi connectivity index (χ4v) is 3.22. The molecule has 118 valence electrons. The van der Waals surface area contributed by atoms with E-state index in [0.29, 0.717) is 6.42 Å². The lowest BCUT2D eigenvalue weighted by Crippen LogP contribution is -2.34. The minimum atomic E-state index is -0.746. The number of hydrogen-bond acceptors (Lipinski definition) is 4. The third-order valence-electron chi connectivity index (χ3n) is 3.89. The van der Waals surface area contributed by atoms with E-state index in [9.17, 15) is 14.4 Å². The van der Waals surface area contributed by atoms with Gasteiger partial charge in [0.15, 0.2) is 0 Å². The largest absolute Gasteiger partial charge is 0.334 e. The molecule has 2 heterocycles. The molecule has 0 aliphatic carbocycles. The maximum absolute atomic E-state index is 12.4. The first kappa shape index (κ1) is 15.4. The van der Waals surface area contributed by atoms with E-state index in [-0.39, 0.29) is 13.1 Å². The fourth-order valence-electron chi connectivity index (χ4n) is 2.52. The van der Waals surface area contributed by atoms with Crippen molar-refractivity contribution in [2.75, 3.05) is 6.54 Å². The summed E-state index contributed by atoms with van der Waals surface area (Å²) in [4.78, 5) is 39.8. The van der Waals surface area contributed by atoms with Crippen LogP contribution in [0.2, 0.25) is 0 Å². The minimum absolute atomic E-state index is 0.131. The lowest BCUT2D eigenvalue weighted by molar-refractivity contribution is -0.143. The van der Waals surface area contributed by atoms with E-state index in [1.54, 1.807) is 11.3 Å². The number of nitrogens with zero attached hydrogens (tertiary/aromatic N) is 2. The molecule has 0 N–H and O–H groups in total. The van der Waals surface area contributed by atoms with Gasteiger partial charge in [0.05, 0.1) is 6.54 Å². The standard InChI is InChI=1S/C17H16N2O3S/c1-12-5-2-3-6-13(12)11-19-16(21)15(20)18(17(19)22)9-8-14-7-4-10-23-14/h2-7,10H,8-9,11H2,1H3. The Morgan fingerprint density at radius 1 is 0.957 bits per heavy atom. The molecule has 1 aliphatic rings. The van der Waals surface area contributed by atoms with Crippen LogP contribution in [0, 0.1) is 6.92 Å². The number of thiophene rings is 1. The summed E-state index contributed by atoms with van der Waals surface area (Å²) in [5.41, 5.74) is 1.85. The molecule has 1 aromatic heterocycles. The summed E-state index contributed by atoms with van der Waals surface area (Å²) in [6, 6.07) is 10.9. The molecule has 4 amide bonds. The number of urea groups is 1. The van der Waals surface area contributed by atoms with Crippen LogP contribution in [0.1, 0.15) is 16.0 Å². The predicted molar refractivity (Wildman–Crippen MR) is 86.9 cm³/mol. The van der Waals surface area contributed by atoms with Crippen molar-refractivity contribution in [2.24, 2.45) is 0 Å². The highest BCUT2D eigenvalue weighted by molar-refractivity contribution is 7.09. The summed E-state index contributed by atoms with van der Waals surface area (Å²) < 4.78 is 0. The van der Waals surface area contributed by atoms with Gasteiger partial charge in [-0.2, -0.15) is 0 Å². The highest BCUT2D eigenvalue weighted by Crippen LogP contribution is 2.19. The van der Waals surface area contributed by atoms with Crippen LogP contribution >= 0.6 is 11.3 Å². The molecule has 3 rings (SSSR count). The Hall–Kier alpha value is -2.47. The predicted octanol–water partition coefficient (Wildman–Crippen LogP) is 2.59. The van der Waals surface area contributed by atoms with Gasteiger partial charge in [0, 0.05) is 17.8 Å². The molecule has 0 atom stereocenters. The SMILES string of the molecule is Cc1ccccc1CN1C(=O)C(=O)N(CCc2cccs2)C1=O. The molecule has 0 bridgehead atoms. The maximum atomic E-state index is 12.4. The van der Waals surface area contributed by atoms with Gasteiger partial charge in [0.1, 0.15) is 0 Å². The smallest absolute Gasteiger partial charge is 0.263 e. The number of aryl methyl sites for hydroxylation is 1. The number of rotatable bonds is 5. The molecule has 23 heavy (non-hydrogen) atoms. The van der Waals surface area contributed by atoms with Gasteiger partial charge in [-0.15, -0.1) is 11.3 Å². The number of carbonyl (C=O) groups is 3. The van der Waals surface area contributed by atoms with Crippen LogP contribution < -0.4 is 0 Å². The Labute approximate surface area is 138 Å². The average Bonchev–Trinajstić information content (AvgIpc) is 3.12. The molecular weight excluding hydrogens is 312 g/mol. The van der Waals surface area contributed by atoms with Gasteiger partial charge in [-0.25, -0.2) is 4.79 Å². The Morgan fingerprint density at radius 2 is 1.70 bits per heavy atom. The lowest BCUT2D eigenvalue weighted by Gasteiger charge is -2.16. The Kier molecular flexibility index (Phi) is 4.25. The second-order valence-electron chi connectivity index (χ2n) is 5.39. The van der Waals surface area contributed by atoms with Crippen molar-refractivity contribution in [3.05, 3.63) is 57.8 Å². The Balaban J connectivity index is 1.73. The quantitative estimate of drug-likeness (QED) is 0.626. The fraction of sp³-hybridized carbons (Fsp3) is 0.235. The molecule has 1 saturated heterocycles. The zero-order valence-corrected chi connectivity index (χ0v) is 13.5. The number of carbonyl (C=O) groups excluding carboxylic acids is 3. The summed E-state index contributed by atoms with van der Waals surface area (Å²) in [5.74, 6) is -1.48. The highest BCUT2D eigenvalue weighted by atomic mass is 32.1. The average molecular weight is 328 g/mol. The van der Waals surface area contributed by atoms with Crippen LogP contribution in [-0.4, -0.2) is 34.2 Å². The summed E-state index contributed by atoms with van der Waals surface area (Å²) in [7, 11) is 0. The molecule has 0 unspecified atom stereocenters. The van der Waals surface area contributed by atoms with Crippen molar-refractivity contribution in [2.45, 2.75) is 19.9 Å². The summed E-state index contributed by atoms with van der Waals surface area (Å²) >= 11 is 1.57. The summed E-state index contributed by atoms with van der Waals surface area (Å²) in [6.45, 7) is 2.27. The molecule has 0 saturated carbocycles. The lowest BCUT2D eigenvalue weighted by atomic mass is 10.1. The normalized spacial score (nSPS) is 14.9. The minimum Gasteiger partial charge on any atom is -0.263 e. The molecule has 1 aliphatic heterocycles. The maximum Gasteiger partial charge on any atom is 0.334 e. The van der Waals surface area contributed by atoms with Gasteiger partial charge in [-0.1, -0.05) is 30.3 Å². The van der Waals surface area contributed by atoms with Gasteiger partial charge in [0.2, 0.25) is 0 Å². The van der Waals surface area contributed by atoms with E-state index in [0.717, 1.165) is 25.8 Å². The van der Waals surface area contributed by atoms with Crippen LogP contribution in [0.5, 0.6) is 0 Å². The van der Waals surface area contributed by atoms with Crippen molar-refractivity contribution in [3.63, 3.8) is 0 Å². The van der Waals surface area contributed by atoms with Gasteiger partial charge < -0.3 is 0 Å². The Morgan fingerprint density at radius 3 is 2.39 bits per heavy atom. The van der Waals surface area contributed by atoms with Crippen LogP contribution in [0.3, 0.4) is 0 Å². The second-order valence-corrected chi connectivity index (χ2v) is 6.42. The molecule has 0 spiro atoms. The van der Waals surface area contributed by atoms with Crippen molar-refractivity contribution >= 4 is 29.2 Å². The van der Waals surface area contributed by atoms with E-state index < -0.39 is 17.8 Å². The Bertz CT molecular complexity index is 755. The van der Waals surface area contributed by atoms with Gasteiger partial charge in [0.25, 0.3) is 0 Å². The summed E-state index contributed by atoms with van der Waals surface area (Å²) in [5, 5.41) is 1.94. The number of imide groups is 2. The third-order valence-corrected chi connectivity index (χ3v) is 4.82. The summed E-state index contributed by atoms with van der Waals surface area (Å²) in [6.07, 6.45) is 0.570. The molecule has 5 nitrogen and oxygen atoms in total. The number of amides is 4. The van der Waals surface area contributed by atoms with Crippen LogP contribution in [0.25, 0.3) is 0 Å². The first-order chi connectivity index (χ1) is 11.1. The van der Waals surface area contributed by atoms with Crippen molar-refractivity contribution in [3.8, 4) is 0 Å². The molecule has 1 aromatic carbocycles. The zero-order chi connectivity index (χ0) is 16.4. The van der Waals surface area contributed by atoms with E-state index in [2.05, 4.69) is 0 Å². The third kappa shape index (κ3) is 3.03.